The number of anilines is 3. The molecule has 3 N–H and O–H groups in total. The molecule has 124 valence electrons. The highest BCUT2D eigenvalue weighted by atomic mass is 16.5. The second-order valence-corrected chi connectivity index (χ2v) is 5.63. The van der Waals surface area contributed by atoms with Crippen LogP contribution in [0.15, 0.2) is 66.9 Å². The van der Waals surface area contributed by atoms with Crippen molar-refractivity contribution in [2.24, 2.45) is 7.05 Å². The number of rotatable bonds is 4. The normalized spacial score (nSPS) is 10.8. The molecule has 0 saturated carbocycles. The molecule has 0 unspecified atom stereocenters. The van der Waals surface area contributed by atoms with Gasteiger partial charge in [-0.3, -0.25) is 0 Å². The van der Waals surface area contributed by atoms with Gasteiger partial charge in [-0.05, 0) is 48.5 Å². The van der Waals surface area contributed by atoms with Crippen molar-refractivity contribution in [2.75, 3.05) is 11.1 Å². The molecule has 2 aromatic heterocycles. The molecule has 0 aliphatic carbocycles. The fraction of sp³-hybridized carbons (Fsp3) is 0.0526. The second-order valence-electron chi connectivity index (χ2n) is 5.63. The fourth-order valence-electron chi connectivity index (χ4n) is 2.59. The Hall–Kier alpha value is -3.54. The Morgan fingerprint density at radius 2 is 1.80 bits per heavy atom. The molecule has 0 aliphatic rings. The number of para-hydroxylation sites is 2. The summed E-state index contributed by atoms with van der Waals surface area (Å²) in [5.74, 6) is 1.85. The van der Waals surface area contributed by atoms with Gasteiger partial charge in [0.25, 0.3) is 0 Å². The van der Waals surface area contributed by atoms with Gasteiger partial charge in [-0.2, -0.15) is 0 Å². The molecule has 0 bridgehead atoms. The van der Waals surface area contributed by atoms with E-state index >= 15 is 0 Å². The van der Waals surface area contributed by atoms with E-state index in [4.69, 9.17) is 10.5 Å². The van der Waals surface area contributed by atoms with Gasteiger partial charge in [0.15, 0.2) is 0 Å². The number of nitrogens with two attached hydrogens (primary N) is 1. The average Bonchev–Trinajstić information content (AvgIpc) is 2.95. The van der Waals surface area contributed by atoms with Crippen LogP contribution < -0.4 is 15.8 Å². The molecular weight excluding hydrogens is 314 g/mol. The summed E-state index contributed by atoms with van der Waals surface area (Å²) in [6.45, 7) is 0. The number of ether oxygens (including phenoxy) is 1. The summed E-state index contributed by atoms with van der Waals surface area (Å²) >= 11 is 0. The summed E-state index contributed by atoms with van der Waals surface area (Å²) in [7, 11) is 1.99. The van der Waals surface area contributed by atoms with E-state index in [0.29, 0.717) is 17.3 Å². The standard InChI is InChI=1S/C19H17N5O/c1-24-17-7-3-2-6-16(17)23-19(24)22-13-8-10-14(11-9-13)25-18-15(20)5-4-12-21-18/h2-12H,20H2,1H3,(H,22,23). The third-order valence-electron chi connectivity index (χ3n) is 3.91. The lowest BCUT2D eigenvalue weighted by molar-refractivity contribution is 0.465. The first-order chi connectivity index (χ1) is 12.2. The number of benzene rings is 2. The molecule has 0 radical (unpaired) electrons. The third-order valence-corrected chi connectivity index (χ3v) is 3.91. The lowest BCUT2D eigenvalue weighted by atomic mass is 10.3. The number of nitrogens with one attached hydrogen (secondary N) is 1. The van der Waals surface area contributed by atoms with Crippen molar-refractivity contribution in [1.82, 2.24) is 14.5 Å². The minimum absolute atomic E-state index is 0.401. The van der Waals surface area contributed by atoms with Gasteiger partial charge in [0.05, 0.1) is 16.7 Å². The second kappa shape index (κ2) is 6.16. The van der Waals surface area contributed by atoms with E-state index in [2.05, 4.69) is 15.3 Å². The predicted molar refractivity (Wildman–Crippen MR) is 99.2 cm³/mol. The first-order valence-corrected chi connectivity index (χ1v) is 7.87. The van der Waals surface area contributed by atoms with E-state index < -0.39 is 0 Å². The number of fused-ring (bicyclic) bond motifs is 1. The van der Waals surface area contributed by atoms with Crippen LogP contribution in [0.2, 0.25) is 0 Å². The summed E-state index contributed by atoms with van der Waals surface area (Å²) in [5.41, 5.74) is 9.30. The van der Waals surface area contributed by atoms with Crippen LogP contribution in [0, 0.1) is 0 Å². The quantitative estimate of drug-likeness (QED) is 0.589. The molecule has 0 amide bonds. The monoisotopic (exact) mass is 331 g/mol. The lowest BCUT2D eigenvalue weighted by Crippen LogP contribution is -1.99. The van der Waals surface area contributed by atoms with Crippen LogP contribution >= 0.6 is 0 Å². The molecule has 0 saturated heterocycles. The van der Waals surface area contributed by atoms with Crippen molar-refractivity contribution >= 4 is 28.4 Å². The molecule has 0 spiro atoms. The zero-order valence-electron chi connectivity index (χ0n) is 13.7. The lowest BCUT2D eigenvalue weighted by Gasteiger charge is -2.09. The van der Waals surface area contributed by atoms with E-state index in [1.807, 2.05) is 60.1 Å². The maximum Gasteiger partial charge on any atom is 0.242 e. The molecule has 2 heterocycles. The molecule has 0 fully saturated rings. The van der Waals surface area contributed by atoms with Gasteiger partial charge in [0, 0.05) is 18.9 Å². The topological polar surface area (TPSA) is 78.0 Å². The molecule has 25 heavy (non-hydrogen) atoms. The van der Waals surface area contributed by atoms with Crippen LogP contribution in [0.1, 0.15) is 0 Å². The molecule has 2 aromatic carbocycles. The van der Waals surface area contributed by atoms with Gasteiger partial charge in [0.1, 0.15) is 5.75 Å². The van der Waals surface area contributed by atoms with Crippen LogP contribution in [-0.4, -0.2) is 14.5 Å². The minimum atomic E-state index is 0.401. The Bertz CT molecular complexity index is 1020. The van der Waals surface area contributed by atoms with Crippen molar-refractivity contribution in [3.8, 4) is 11.6 Å². The zero-order valence-corrected chi connectivity index (χ0v) is 13.7. The Morgan fingerprint density at radius 3 is 2.56 bits per heavy atom. The van der Waals surface area contributed by atoms with Crippen LogP contribution in [-0.2, 0) is 7.05 Å². The van der Waals surface area contributed by atoms with Crippen molar-refractivity contribution in [1.29, 1.82) is 0 Å². The summed E-state index contributed by atoms with van der Waals surface area (Å²) in [4.78, 5) is 8.73. The summed E-state index contributed by atoms with van der Waals surface area (Å²) in [5, 5.41) is 3.32. The number of hydrogen-bond donors (Lipinski definition) is 2. The molecule has 6 nitrogen and oxygen atoms in total. The first-order valence-electron chi connectivity index (χ1n) is 7.87. The van der Waals surface area contributed by atoms with E-state index in [-0.39, 0.29) is 0 Å². The largest absolute Gasteiger partial charge is 0.437 e. The number of hydrogen-bond acceptors (Lipinski definition) is 5. The smallest absolute Gasteiger partial charge is 0.242 e. The summed E-state index contributed by atoms with van der Waals surface area (Å²) in [6.07, 6.45) is 1.65. The van der Waals surface area contributed by atoms with E-state index in [1.54, 1.807) is 18.3 Å². The van der Waals surface area contributed by atoms with Crippen molar-refractivity contribution in [2.45, 2.75) is 0 Å². The van der Waals surface area contributed by atoms with Gasteiger partial charge in [-0.1, -0.05) is 12.1 Å². The number of nitrogen functional groups attached to an aromatic ring is 1. The highest BCUT2D eigenvalue weighted by Crippen LogP contribution is 2.27. The van der Waals surface area contributed by atoms with Crippen molar-refractivity contribution in [3.63, 3.8) is 0 Å². The molecule has 0 aliphatic heterocycles. The first kappa shape index (κ1) is 15.0. The van der Waals surface area contributed by atoms with E-state index in [0.717, 1.165) is 22.7 Å². The van der Waals surface area contributed by atoms with Crippen LogP contribution in [0.25, 0.3) is 11.0 Å². The number of imidazole rings is 1. The maximum absolute atomic E-state index is 5.84. The molecule has 6 heteroatoms. The molecular formula is C19H17N5O. The number of nitrogens with zero attached hydrogens (tertiary/aromatic N) is 3. The maximum atomic E-state index is 5.84. The fourth-order valence-corrected chi connectivity index (χ4v) is 2.59. The third kappa shape index (κ3) is 2.97. The van der Waals surface area contributed by atoms with Crippen LogP contribution in [0.5, 0.6) is 11.6 Å². The Balaban J connectivity index is 1.54. The van der Waals surface area contributed by atoms with E-state index in [9.17, 15) is 0 Å². The van der Waals surface area contributed by atoms with Crippen molar-refractivity contribution < 1.29 is 4.74 Å². The zero-order chi connectivity index (χ0) is 17.2. The Morgan fingerprint density at radius 1 is 1.00 bits per heavy atom. The molecule has 4 aromatic rings. The average molecular weight is 331 g/mol. The van der Waals surface area contributed by atoms with Gasteiger partial charge in [0.2, 0.25) is 11.8 Å². The highest BCUT2D eigenvalue weighted by molar-refractivity contribution is 5.79. The Kier molecular flexibility index (Phi) is 3.70. The minimum Gasteiger partial charge on any atom is -0.437 e. The van der Waals surface area contributed by atoms with Crippen molar-refractivity contribution in [3.05, 3.63) is 66.9 Å². The SMILES string of the molecule is Cn1c(Nc2ccc(Oc3ncccc3N)cc2)nc2ccccc21. The number of aromatic nitrogens is 3. The van der Waals surface area contributed by atoms with Crippen LogP contribution in [0.4, 0.5) is 17.3 Å². The highest BCUT2D eigenvalue weighted by Gasteiger charge is 2.08. The number of aryl methyl sites for hydroxylation is 1. The Labute approximate surface area is 144 Å². The summed E-state index contributed by atoms with van der Waals surface area (Å²) in [6, 6.07) is 19.1. The predicted octanol–water partition coefficient (Wildman–Crippen LogP) is 4.09. The van der Waals surface area contributed by atoms with E-state index in [1.165, 1.54) is 0 Å². The van der Waals surface area contributed by atoms with Gasteiger partial charge in [-0.25, -0.2) is 9.97 Å². The van der Waals surface area contributed by atoms with Gasteiger partial charge >= 0.3 is 0 Å². The van der Waals surface area contributed by atoms with Gasteiger partial charge < -0.3 is 20.4 Å². The molecule has 0 atom stereocenters. The number of pyridine rings is 1. The summed E-state index contributed by atoms with van der Waals surface area (Å²) < 4.78 is 7.72. The molecule has 4 rings (SSSR count). The van der Waals surface area contributed by atoms with Crippen LogP contribution in [0.3, 0.4) is 0 Å². The van der Waals surface area contributed by atoms with Gasteiger partial charge in [-0.15, -0.1) is 0 Å².